The normalized spacial score (nSPS) is 19.7. The molecule has 144 valence electrons. The molecule has 2 rings (SSSR count). The van der Waals surface area contributed by atoms with Crippen molar-refractivity contribution >= 4 is 17.6 Å². The quantitative estimate of drug-likeness (QED) is 0.455. The summed E-state index contributed by atoms with van der Waals surface area (Å²) in [6, 6.07) is 4.68. The summed E-state index contributed by atoms with van der Waals surface area (Å²) in [7, 11) is 1.57. The van der Waals surface area contributed by atoms with E-state index in [2.05, 4.69) is 21.3 Å². The van der Waals surface area contributed by atoms with Gasteiger partial charge in [-0.15, -0.1) is 0 Å². The zero-order valence-corrected chi connectivity index (χ0v) is 15.4. The van der Waals surface area contributed by atoms with Crippen molar-refractivity contribution < 1.29 is 19.4 Å². The van der Waals surface area contributed by atoms with Gasteiger partial charge in [0.25, 0.3) is 5.91 Å². The average molecular weight is 364 g/mol. The van der Waals surface area contributed by atoms with Gasteiger partial charge in [0.15, 0.2) is 0 Å². The lowest BCUT2D eigenvalue weighted by atomic mass is 9.94. The van der Waals surface area contributed by atoms with E-state index in [1.807, 2.05) is 6.92 Å². The maximum Gasteiger partial charge on any atom is 0.319 e. The maximum atomic E-state index is 12.1. The number of β-amino-alcohol motifs (C(OH)–C–C–N with tert-alkyl or cyclic N) is 1. The van der Waals surface area contributed by atoms with Crippen molar-refractivity contribution in [2.75, 3.05) is 45.2 Å². The van der Waals surface area contributed by atoms with Crippen LogP contribution in [0, 0.1) is 6.92 Å². The van der Waals surface area contributed by atoms with Gasteiger partial charge >= 0.3 is 6.03 Å². The Morgan fingerprint density at radius 3 is 2.81 bits per heavy atom. The number of hydrogen-bond donors (Lipinski definition) is 5. The van der Waals surface area contributed by atoms with Crippen LogP contribution in [-0.4, -0.2) is 62.5 Å². The highest BCUT2D eigenvalue weighted by Gasteiger charge is 2.29. The summed E-state index contributed by atoms with van der Waals surface area (Å²) in [6.07, 6.45) is 1.54. The van der Waals surface area contributed by atoms with Gasteiger partial charge in [-0.1, -0.05) is 0 Å². The Bertz CT molecular complexity index is 630. The smallest absolute Gasteiger partial charge is 0.319 e. The monoisotopic (exact) mass is 364 g/mol. The van der Waals surface area contributed by atoms with Crippen molar-refractivity contribution in [3.8, 4) is 0 Å². The van der Waals surface area contributed by atoms with E-state index in [0.717, 1.165) is 18.5 Å². The number of carbonyl (C=O) groups is 2. The molecule has 0 bridgehead atoms. The summed E-state index contributed by atoms with van der Waals surface area (Å²) in [5, 5.41) is 21.7. The third-order valence-electron chi connectivity index (χ3n) is 4.36. The molecule has 1 heterocycles. The fourth-order valence-corrected chi connectivity index (χ4v) is 2.83. The van der Waals surface area contributed by atoms with Gasteiger partial charge in [-0.05, 0) is 50.1 Å². The van der Waals surface area contributed by atoms with E-state index in [4.69, 9.17) is 4.74 Å². The molecule has 1 atom stereocenters. The van der Waals surface area contributed by atoms with Crippen LogP contribution in [0.4, 0.5) is 10.5 Å². The standard InChI is InChI=1S/C18H28N4O4/c1-13-10-14(16(23)20-8-9-26-2)4-5-15(13)22-17(24)21-12-18(25)6-3-7-19-11-18/h4-5,10,19,25H,3,6-9,11-12H2,1-2H3,(H,20,23)(H2,21,22,24)/t18-/m0/s1. The van der Waals surface area contributed by atoms with Gasteiger partial charge in [0.05, 0.1) is 12.2 Å². The summed E-state index contributed by atoms with van der Waals surface area (Å²) in [4.78, 5) is 24.1. The van der Waals surface area contributed by atoms with E-state index >= 15 is 0 Å². The molecular formula is C18H28N4O4. The number of aryl methyl sites for hydroxylation is 1. The number of rotatable bonds is 7. The number of ether oxygens (including phenoxy) is 1. The van der Waals surface area contributed by atoms with E-state index in [-0.39, 0.29) is 18.5 Å². The predicted molar refractivity (Wildman–Crippen MR) is 99.5 cm³/mol. The van der Waals surface area contributed by atoms with Crippen LogP contribution in [0.5, 0.6) is 0 Å². The van der Waals surface area contributed by atoms with Crippen LogP contribution in [0.3, 0.4) is 0 Å². The van der Waals surface area contributed by atoms with Crippen LogP contribution in [-0.2, 0) is 4.74 Å². The van der Waals surface area contributed by atoms with E-state index in [9.17, 15) is 14.7 Å². The summed E-state index contributed by atoms with van der Waals surface area (Å²) >= 11 is 0. The molecule has 0 saturated carbocycles. The summed E-state index contributed by atoms with van der Waals surface area (Å²) in [5.74, 6) is -0.187. The molecule has 1 fully saturated rings. The zero-order chi connectivity index (χ0) is 19.0. The third-order valence-corrected chi connectivity index (χ3v) is 4.36. The Kier molecular flexibility index (Phi) is 7.38. The molecule has 0 unspecified atom stereocenters. The number of aliphatic hydroxyl groups is 1. The van der Waals surface area contributed by atoms with Crippen LogP contribution >= 0.6 is 0 Å². The lowest BCUT2D eigenvalue weighted by molar-refractivity contribution is 0.0198. The van der Waals surface area contributed by atoms with Crippen LogP contribution in [0.15, 0.2) is 18.2 Å². The number of nitrogens with one attached hydrogen (secondary N) is 4. The Labute approximate surface area is 153 Å². The molecule has 26 heavy (non-hydrogen) atoms. The van der Waals surface area contributed by atoms with Gasteiger partial charge in [-0.25, -0.2) is 4.79 Å². The predicted octanol–water partition coefficient (Wildman–Crippen LogP) is 0.607. The number of benzene rings is 1. The van der Waals surface area contributed by atoms with Gasteiger partial charge in [0.2, 0.25) is 0 Å². The maximum absolute atomic E-state index is 12.1. The minimum absolute atomic E-state index is 0.185. The Hall–Kier alpha value is -2.16. The van der Waals surface area contributed by atoms with Gasteiger partial charge in [-0.3, -0.25) is 4.79 Å². The molecule has 8 heteroatoms. The third kappa shape index (κ3) is 5.98. The fourth-order valence-electron chi connectivity index (χ4n) is 2.83. The Morgan fingerprint density at radius 2 is 2.15 bits per heavy atom. The second-order valence-corrected chi connectivity index (χ2v) is 6.59. The number of hydrogen-bond acceptors (Lipinski definition) is 5. The van der Waals surface area contributed by atoms with Gasteiger partial charge in [0, 0.05) is 38.0 Å². The van der Waals surface area contributed by atoms with E-state index in [1.54, 1.807) is 25.3 Å². The van der Waals surface area contributed by atoms with Crippen molar-refractivity contribution in [2.24, 2.45) is 0 Å². The molecule has 1 aromatic carbocycles. The Morgan fingerprint density at radius 1 is 1.35 bits per heavy atom. The molecular weight excluding hydrogens is 336 g/mol. The lowest BCUT2D eigenvalue weighted by Gasteiger charge is -2.32. The molecule has 0 spiro atoms. The molecule has 8 nitrogen and oxygen atoms in total. The first-order valence-electron chi connectivity index (χ1n) is 8.79. The number of amides is 3. The number of methoxy groups -OCH3 is 1. The molecule has 1 saturated heterocycles. The van der Waals surface area contributed by atoms with E-state index in [0.29, 0.717) is 37.4 Å². The molecule has 3 amide bonds. The molecule has 0 aromatic heterocycles. The minimum atomic E-state index is -0.908. The second kappa shape index (κ2) is 9.51. The number of anilines is 1. The van der Waals surface area contributed by atoms with Crippen molar-refractivity contribution in [3.63, 3.8) is 0 Å². The van der Waals surface area contributed by atoms with Crippen molar-refractivity contribution in [2.45, 2.75) is 25.4 Å². The fraction of sp³-hybridized carbons (Fsp3) is 0.556. The van der Waals surface area contributed by atoms with Crippen LogP contribution in [0.2, 0.25) is 0 Å². The van der Waals surface area contributed by atoms with Crippen LogP contribution in [0.25, 0.3) is 0 Å². The van der Waals surface area contributed by atoms with E-state index in [1.165, 1.54) is 0 Å². The second-order valence-electron chi connectivity index (χ2n) is 6.59. The number of carbonyl (C=O) groups excluding carboxylic acids is 2. The first-order valence-corrected chi connectivity index (χ1v) is 8.79. The van der Waals surface area contributed by atoms with Crippen molar-refractivity contribution in [3.05, 3.63) is 29.3 Å². The highest BCUT2D eigenvalue weighted by molar-refractivity contribution is 5.96. The highest BCUT2D eigenvalue weighted by Crippen LogP contribution is 2.17. The first kappa shape index (κ1) is 20.2. The average Bonchev–Trinajstić information content (AvgIpc) is 2.62. The highest BCUT2D eigenvalue weighted by atomic mass is 16.5. The summed E-state index contributed by atoms with van der Waals surface area (Å²) in [5.41, 5.74) is 1.00. The minimum Gasteiger partial charge on any atom is -0.387 e. The molecule has 5 N–H and O–H groups in total. The Balaban J connectivity index is 1.86. The van der Waals surface area contributed by atoms with Crippen molar-refractivity contribution in [1.82, 2.24) is 16.0 Å². The zero-order valence-electron chi connectivity index (χ0n) is 15.4. The molecule has 0 aliphatic carbocycles. The topological polar surface area (TPSA) is 112 Å². The van der Waals surface area contributed by atoms with Gasteiger partial charge in [-0.2, -0.15) is 0 Å². The van der Waals surface area contributed by atoms with Crippen LogP contribution in [0.1, 0.15) is 28.8 Å². The molecule has 1 aromatic rings. The molecule has 0 radical (unpaired) electrons. The SMILES string of the molecule is COCCNC(=O)c1ccc(NC(=O)NC[C@]2(O)CCCNC2)c(C)c1. The summed E-state index contributed by atoms with van der Waals surface area (Å²) in [6.45, 7) is 4.25. The van der Waals surface area contributed by atoms with Crippen LogP contribution < -0.4 is 21.3 Å². The van der Waals surface area contributed by atoms with Gasteiger partial charge in [0.1, 0.15) is 0 Å². The number of piperidine rings is 1. The number of urea groups is 1. The van der Waals surface area contributed by atoms with Crippen molar-refractivity contribution in [1.29, 1.82) is 0 Å². The largest absolute Gasteiger partial charge is 0.387 e. The molecule has 1 aliphatic rings. The lowest BCUT2D eigenvalue weighted by Crippen LogP contribution is -2.53. The summed E-state index contributed by atoms with van der Waals surface area (Å²) < 4.78 is 4.90. The first-order chi connectivity index (χ1) is 12.4. The molecule has 1 aliphatic heterocycles. The van der Waals surface area contributed by atoms with E-state index < -0.39 is 5.60 Å². The van der Waals surface area contributed by atoms with Gasteiger partial charge < -0.3 is 31.1 Å².